The highest BCUT2D eigenvalue weighted by atomic mass is 19.4. The third-order valence-corrected chi connectivity index (χ3v) is 7.81. The summed E-state index contributed by atoms with van der Waals surface area (Å²) in [4.78, 5) is 40.1. The highest BCUT2D eigenvalue weighted by Gasteiger charge is 2.36. The van der Waals surface area contributed by atoms with Gasteiger partial charge in [-0.05, 0) is 81.3 Å². The maximum absolute atomic E-state index is 15.1. The zero-order valence-electron chi connectivity index (χ0n) is 26.4. The molecule has 1 aliphatic heterocycles. The van der Waals surface area contributed by atoms with Crippen LogP contribution in [0.4, 0.5) is 28.0 Å². The Bertz CT molecular complexity index is 1670. The van der Waals surface area contributed by atoms with Gasteiger partial charge in [-0.1, -0.05) is 37.1 Å². The molecule has 1 saturated carbocycles. The highest BCUT2D eigenvalue weighted by Crippen LogP contribution is 2.39. The Labute approximate surface area is 270 Å². The number of nitrogens with one attached hydrogen (secondary N) is 2. The molecule has 3 aromatic rings. The number of hydrogen-bond donors (Lipinski definition) is 2. The van der Waals surface area contributed by atoms with Crippen LogP contribution in [0.5, 0.6) is 0 Å². The van der Waals surface area contributed by atoms with E-state index in [2.05, 4.69) is 15.7 Å². The molecule has 0 spiro atoms. The predicted molar refractivity (Wildman–Crippen MR) is 166 cm³/mol. The first-order valence-electron chi connectivity index (χ1n) is 15.5. The molecule has 1 fully saturated rings. The fraction of sp³-hybridized carbons (Fsp3) is 0.412. The Kier molecular flexibility index (Phi) is 9.73. The SMILES string of the molecule is CC(C)(C)OC(=O)NCc1cccc(-n2nc(C(F)(F)F)cc2C(=O)Nc2cc(C(CCC3CC3)N3C=CCCC3=O)ccc2F)c1. The van der Waals surface area contributed by atoms with Crippen molar-refractivity contribution >= 4 is 23.6 Å². The molecule has 2 N–H and O–H groups in total. The third-order valence-electron chi connectivity index (χ3n) is 7.81. The molecule has 3 amide bonds. The highest BCUT2D eigenvalue weighted by molar-refractivity contribution is 6.03. The molecule has 1 unspecified atom stereocenters. The Hall–Kier alpha value is -4.68. The number of anilines is 1. The average Bonchev–Trinajstić information content (AvgIpc) is 3.71. The Balaban J connectivity index is 1.42. The van der Waals surface area contributed by atoms with E-state index >= 15 is 4.39 Å². The maximum atomic E-state index is 15.1. The number of hydrogen-bond acceptors (Lipinski definition) is 5. The molecule has 1 atom stereocenters. The lowest BCUT2D eigenvalue weighted by Crippen LogP contribution is -2.32. The van der Waals surface area contributed by atoms with Gasteiger partial charge in [-0.15, -0.1) is 0 Å². The zero-order chi connectivity index (χ0) is 33.9. The summed E-state index contributed by atoms with van der Waals surface area (Å²) in [5, 5.41) is 8.66. The van der Waals surface area contributed by atoms with E-state index in [0.29, 0.717) is 42.4 Å². The van der Waals surface area contributed by atoms with Crippen molar-refractivity contribution < 1.29 is 36.7 Å². The average molecular weight is 656 g/mol. The van der Waals surface area contributed by atoms with Crippen molar-refractivity contribution in [3.8, 4) is 5.69 Å². The van der Waals surface area contributed by atoms with Crippen molar-refractivity contribution in [1.82, 2.24) is 20.0 Å². The lowest BCUT2D eigenvalue weighted by atomic mass is 9.97. The van der Waals surface area contributed by atoms with E-state index in [1.165, 1.54) is 24.3 Å². The smallest absolute Gasteiger partial charge is 0.435 e. The zero-order valence-corrected chi connectivity index (χ0v) is 26.4. The first-order valence-corrected chi connectivity index (χ1v) is 15.5. The second-order valence-electron chi connectivity index (χ2n) is 12.8. The summed E-state index contributed by atoms with van der Waals surface area (Å²) >= 11 is 0. The first kappa shape index (κ1) is 33.7. The summed E-state index contributed by atoms with van der Waals surface area (Å²) in [5.74, 6) is -1.29. The van der Waals surface area contributed by atoms with Crippen molar-refractivity contribution in [1.29, 1.82) is 0 Å². The summed E-state index contributed by atoms with van der Waals surface area (Å²) in [6.07, 6.45) is 2.84. The Morgan fingerprint density at radius 1 is 1.09 bits per heavy atom. The van der Waals surface area contributed by atoms with Crippen molar-refractivity contribution in [3.05, 3.63) is 89.1 Å². The summed E-state index contributed by atoms with van der Waals surface area (Å²) in [6.45, 7) is 5.11. The molecule has 2 aromatic carbocycles. The van der Waals surface area contributed by atoms with E-state index in [0.717, 1.165) is 23.9 Å². The molecular weight excluding hydrogens is 618 g/mol. The maximum Gasteiger partial charge on any atom is 0.435 e. The monoisotopic (exact) mass is 655 g/mol. The normalized spacial score (nSPS) is 15.8. The van der Waals surface area contributed by atoms with E-state index in [1.807, 2.05) is 6.08 Å². The number of rotatable bonds is 10. The van der Waals surface area contributed by atoms with Crippen molar-refractivity contribution in [3.63, 3.8) is 0 Å². The first-order chi connectivity index (χ1) is 22.2. The minimum absolute atomic E-state index is 0.00763. The number of allylic oxidation sites excluding steroid dienone is 1. The van der Waals surface area contributed by atoms with E-state index in [9.17, 15) is 27.6 Å². The number of carbonyl (C=O) groups excluding carboxylic acids is 3. The fourth-order valence-corrected chi connectivity index (χ4v) is 5.35. The van der Waals surface area contributed by atoms with Crippen LogP contribution in [0.2, 0.25) is 0 Å². The van der Waals surface area contributed by atoms with Crippen LogP contribution < -0.4 is 10.6 Å². The van der Waals surface area contributed by atoms with Crippen molar-refractivity contribution in [2.45, 2.75) is 83.7 Å². The molecule has 9 nitrogen and oxygen atoms in total. The Morgan fingerprint density at radius 3 is 2.53 bits per heavy atom. The lowest BCUT2D eigenvalue weighted by molar-refractivity contribution is -0.141. The predicted octanol–water partition coefficient (Wildman–Crippen LogP) is 7.67. The van der Waals surface area contributed by atoms with Gasteiger partial charge in [0.15, 0.2) is 5.69 Å². The van der Waals surface area contributed by atoms with Gasteiger partial charge >= 0.3 is 12.3 Å². The van der Waals surface area contributed by atoms with Crippen LogP contribution in [0.15, 0.2) is 60.8 Å². The number of alkyl halides is 3. The molecule has 2 aliphatic rings. The molecular formula is C34H37F4N5O4. The molecule has 0 radical (unpaired) electrons. The number of nitrogens with zero attached hydrogens (tertiary/aromatic N) is 3. The minimum Gasteiger partial charge on any atom is -0.444 e. The summed E-state index contributed by atoms with van der Waals surface area (Å²) in [7, 11) is 0. The van der Waals surface area contributed by atoms with Crippen LogP contribution in [0, 0.1) is 11.7 Å². The standard InChI is InChI=1S/C34H37F4N5O4/c1-33(2,3)47-32(46)39-20-22-7-6-8-24(17-22)43-28(19-29(41-43)34(36,37)38)31(45)40-26-18-23(13-14-25(26)35)27(15-12-21-10-11-21)42-16-5-4-9-30(42)44/h5-8,13-14,16-19,21,27H,4,9-12,15,20H2,1-3H3,(H,39,46)(H,40,45). The van der Waals surface area contributed by atoms with Gasteiger partial charge in [-0.25, -0.2) is 13.9 Å². The van der Waals surface area contributed by atoms with Crippen LogP contribution in [0.1, 0.15) is 92.6 Å². The van der Waals surface area contributed by atoms with E-state index in [4.69, 9.17) is 4.74 Å². The van der Waals surface area contributed by atoms with Gasteiger partial charge in [0.05, 0.1) is 17.4 Å². The van der Waals surface area contributed by atoms with Crippen molar-refractivity contribution in [2.24, 2.45) is 5.92 Å². The van der Waals surface area contributed by atoms with Gasteiger partial charge in [0.25, 0.3) is 5.91 Å². The van der Waals surface area contributed by atoms with E-state index in [1.54, 1.807) is 50.1 Å². The van der Waals surface area contributed by atoms with Crippen LogP contribution in [-0.4, -0.2) is 38.2 Å². The summed E-state index contributed by atoms with van der Waals surface area (Å²) < 4.78 is 62.5. The number of alkyl carbamates (subject to hydrolysis) is 1. The van der Waals surface area contributed by atoms with Crippen LogP contribution >= 0.6 is 0 Å². The number of ether oxygens (including phenoxy) is 1. The largest absolute Gasteiger partial charge is 0.444 e. The lowest BCUT2D eigenvalue weighted by Gasteiger charge is -2.32. The molecule has 1 aromatic heterocycles. The topological polar surface area (TPSA) is 106 Å². The number of halogens is 4. The molecule has 13 heteroatoms. The van der Waals surface area contributed by atoms with E-state index < -0.39 is 47.0 Å². The quantitative estimate of drug-likeness (QED) is 0.218. The number of amides is 3. The van der Waals surface area contributed by atoms with E-state index in [-0.39, 0.29) is 23.8 Å². The third kappa shape index (κ3) is 8.78. The number of carbonyl (C=O) groups is 3. The molecule has 2 heterocycles. The van der Waals surface area contributed by atoms with Crippen LogP contribution in [0.25, 0.3) is 5.69 Å². The van der Waals surface area contributed by atoms with Gasteiger partial charge < -0.3 is 20.3 Å². The van der Waals surface area contributed by atoms with Crippen molar-refractivity contribution in [2.75, 3.05) is 5.32 Å². The molecule has 0 saturated heterocycles. The Morgan fingerprint density at radius 2 is 1.85 bits per heavy atom. The van der Waals surface area contributed by atoms with Crippen LogP contribution in [0.3, 0.4) is 0 Å². The van der Waals surface area contributed by atoms with Gasteiger partial charge in [0.1, 0.15) is 17.1 Å². The van der Waals surface area contributed by atoms with Gasteiger partial charge in [0, 0.05) is 25.2 Å². The molecule has 47 heavy (non-hydrogen) atoms. The fourth-order valence-electron chi connectivity index (χ4n) is 5.35. The number of benzene rings is 2. The number of aromatic nitrogens is 2. The second-order valence-corrected chi connectivity index (χ2v) is 12.8. The van der Waals surface area contributed by atoms with Gasteiger partial charge in [-0.3, -0.25) is 9.59 Å². The second kappa shape index (κ2) is 13.6. The summed E-state index contributed by atoms with van der Waals surface area (Å²) in [6, 6.07) is 10.5. The van der Waals surface area contributed by atoms with Crippen LogP contribution in [-0.2, 0) is 22.3 Å². The molecule has 0 bridgehead atoms. The van der Waals surface area contributed by atoms with Gasteiger partial charge in [0.2, 0.25) is 5.91 Å². The molecule has 5 rings (SSSR count). The molecule has 250 valence electrons. The minimum atomic E-state index is -4.87. The van der Waals surface area contributed by atoms with Gasteiger partial charge in [-0.2, -0.15) is 18.3 Å². The summed E-state index contributed by atoms with van der Waals surface area (Å²) in [5.41, 5.74) is -1.56. The molecule has 1 aliphatic carbocycles.